The first kappa shape index (κ1) is 12.0. The second kappa shape index (κ2) is 3.28. The molecule has 0 aromatic carbocycles. The monoisotopic (exact) mass is 270 g/mol. The minimum Gasteiger partial charge on any atom is -0.383 e. The molecule has 2 aliphatic carbocycles. The van der Waals surface area contributed by atoms with Crippen LogP contribution in [0.3, 0.4) is 0 Å². The highest BCUT2D eigenvalue weighted by atomic mass is 35.5. The molecule has 1 heterocycles. The summed E-state index contributed by atoms with van der Waals surface area (Å²) in [4.78, 5) is 1.05. The van der Waals surface area contributed by atoms with Crippen molar-refractivity contribution in [1.82, 2.24) is 0 Å². The molecule has 0 aliphatic heterocycles. The number of rotatable bonds is 1. The molecule has 17 heavy (non-hydrogen) atoms. The van der Waals surface area contributed by atoms with Crippen LogP contribution in [-0.4, -0.2) is 5.11 Å². The van der Waals surface area contributed by atoms with Gasteiger partial charge in [0, 0.05) is 15.7 Å². The van der Waals surface area contributed by atoms with Gasteiger partial charge in [-0.15, -0.1) is 11.3 Å². The molecule has 1 aromatic heterocycles. The molecule has 0 saturated heterocycles. The highest BCUT2D eigenvalue weighted by Gasteiger charge is 2.69. The molecular weight excluding hydrogens is 252 g/mol. The zero-order valence-electron chi connectivity index (χ0n) is 10.6. The summed E-state index contributed by atoms with van der Waals surface area (Å²) < 4.78 is 0.774. The van der Waals surface area contributed by atoms with Gasteiger partial charge in [-0.25, -0.2) is 0 Å². The van der Waals surface area contributed by atoms with Crippen LogP contribution in [-0.2, 0) is 5.60 Å². The quantitative estimate of drug-likeness (QED) is 0.800. The Morgan fingerprint density at radius 3 is 2.53 bits per heavy atom. The molecule has 3 heteroatoms. The fourth-order valence-corrected chi connectivity index (χ4v) is 5.83. The van der Waals surface area contributed by atoms with Crippen molar-refractivity contribution in [2.75, 3.05) is 0 Å². The van der Waals surface area contributed by atoms with Crippen LogP contribution >= 0.6 is 22.9 Å². The maximum atomic E-state index is 11.4. The van der Waals surface area contributed by atoms with Crippen molar-refractivity contribution in [3.05, 3.63) is 21.3 Å². The van der Waals surface area contributed by atoms with Crippen LogP contribution in [0.5, 0.6) is 0 Å². The van der Waals surface area contributed by atoms with Gasteiger partial charge in [0.05, 0.1) is 4.34 Å². The Hall–Kier alpha value is -0.0500. The van der Waals surface area contributed by atoms with Crippen LogP contribution in [0, 0.1) is 16.7 Å². The summed E-state index contributed by atoms with van der Waals surface area (Å²) in [6, 6.07) is 3.92. The van der Waals surface area contributed by atoms with Crippen molar-refractivity contribution in [1.29, 1.82) is 0 Å². The summed E-state index contributed by atoms with van der Waals surface area (Å²) in [6.07, 6.45) is 3.53. The van der Waals surface area contributed by atoms with E-state index in [0.29, 0.717) is 5.92 Å². The molecule has 2 saturated carbocycles. The van der Waals surface area contributed by atoms with E-state index in [0.717, 1.165) is 22.1 Å². The first-order valence-corrected chi connectivity index (χ1v) is 7.49. The van der Waals surface area contributed by atoms with Crippen molar-refractivity contribution in [2.24, 2.45) is 16.7 Å². The van der Waals surface area contributed by atoms with Crippen molar-refractivity contribution in [2.45, 2.75) is 45.6 Å². The average molecular weight is 271 g/mol. The van der Waals surface area contributed by atoms with E-state index in [1.54, 1.807) is 0 Å². The van der Waals surface area contributed by atoms with Gasteiger partial charge in [0.25, 0.3) is 0 Å². The number of fused-ring (bicyclic) bond motifs is 2. The number of hydrogen-bond acceptors (Lipinski definition) is 2. The standard InChI is InChI=1S/C14H19ClOS/c1-12(2)9-6-7-13(3,8-9)14(12,16)10-4-5-11(15)17-10/h4-5,9,16H,6-8H2,1-3H3. The second-order valence-electron chi connectivity index (χ2n) is 6.54. The largest absolute Gasteiger partial charge is 0.383 e. The molecule has 1 nitrogen and oxygen atoms in total. The number of hydrogen-bond donors (Lipinski definition) is 1. The predicted molar refractivity (Wildman–Crippen MR) is 72.5 cm³/mol. The van der Waals surface area contributed by atoms with Gasteiger partial charge in [0.2, 0.25) is 0 Å². The molecule has 0 radical (unpaired) electrons. The Kier molecular flexibility index (Phi) is 2.32. The van der Waals surface area contributed by atoms with Gasteiger partial charge in [-0.2, -0.15) is 0 Å². The van der Waals surface area contributed by atoms with Crippen molar-refractivity contribution in [3.63, 3.8) is 0 Å². The van der Waals surface area contributed by atoms with Crippen LogP contribution in [0.25, 0.3) is 0 Å². The molecule has 94 valence electrons. The first-order valence-electron chi connectivity index (χ1n) is 6.29. The number of aliphatic hydroxyl groups is 1. The molecule has 2 fully saturated rings. The molecule has 0 amide bonds. The SMILES string of the molecule is CC12CCC(C1)C(C)(C)C2(O)c1ccc(Cl)s1. The van der Waals surface area contributed by atoms with Gasteiger partial charge < -0.3 is 5.11 Å². The van der Waals surface area contributed by atoms with Crippen molar-refractivity contribution >= 4 is 22.9 Å². The van der Waals surface area contributed by atoms with Gasteiger partial charge in [-0.1, -0.05) is 32.4 Å². The Bertz CT molecular complexity index is 460. The molecule has 1 N–H and O–H groups in total. The van der Waals surface area contributed by atoms with E-state index in [4.69, 9.17) is 11.6 Å². The molecule has 3 rings (SSSR count). The summed E-state index contributed by atoms with van der Waals surface area (Å²) in [5, 5.41) is 11.4. The lowest BCUT2D eigenvalue weighted by Crippen LogP contribution is -2.50. The van der Waals surface area contributed by atoms with Crippen LogP contribution in [0.15, 0.2) is 12.1 Å². The fourth-order valence-electron chi connectivity index (χ4n) is 4.38. The molecule has 0 spiro atoms. The summed E-state index contributed by atoms with van der Waals surface area (Å²) in [5.74, 6) is 0.637. The Labute approximate surface area is 112 Å². The highest BCUT2D eigenvalue weighted by molar-refractivity contribution is 7.16. The van der Waals surface area contributed by atoms with Crippen LogP contribution in [0.4, 0.5) is 0 Å². The second-order valence-corrected chi connectivity index (χ2v) is 8.25. The smallest absolute Gasteiger partial charge is 0.109 e. The topological polar surface area (TPSA) is 20.2 Å². The Morgan fingerprint density at radius 2 is 2.06 bits per heavy atom. The predicted octanol–water partition coefficient (Wildman–Crippen LogP) is 4.44. The summed E-state index contributed by atoms with van der Waals surface area (Å²) in [5.41, 5.74) is -0.732. The third-order valence-electron chi connectivity index (χ3n) is 5.50. The molecule has 3 unspecified atom stereocenters. The van der Waals surface area contributed by atoms with E-state index in [1.165, 1.54) is 17.8 Å². The summed E-state index contributed by atoms with van der Waals surface area (Å²) >= 11 is 7.59. The van der Waals surface area contributed by atoms with E-state index < -0.39 is 5.60 Å². The van der Waals surface area contributed by atoms with E-state index in [-0.39, 0.29) is 10.8 Å². The third-order valence-corrected chi connectivity index (χ3v) is 6.84. The van der Waals surface area contributed by atoms with Crippen LogP contribution < -0.4 is 0 Å². The van der Waals surface area contributed by atoms with E-state index in [9.17, 15) is 5.11 Å². The van der Waals surface area contributed by atoms with E-state index in [1.807, 2.05) is 12.1 Å². The Balaban J connectivity index is 2.17. The van der Waals surface area contributed by atoms with Crippen molar-refractivity contribution in [3.8, 4) is 0 Å². The van der Waals surface area contributed by atoms with Gasteiger partial charge in [-0.3, -0.25) is 0 Å². The highest BCUT2D eigenvalue weighted by Crippen LogP contribution is 2.72. The van der Waals surface area contributed by atoms with Gasteiger partial charge in [0.1, 0.15) is 5.60 Å². The third kappa shape index (κ3) is 1.24. The molecule has 1 aromatic rings. The number of halogens is 1. The van der Waals surface area contributed by atoms with Gasteiger partial charge in [-0.05, 0) is 37.3 Å². The summed E-state index contributed by atoms with van der Waals surface area (Å²) in [6.45, 7) is 6.68. The molecule has 2 bridgehead atoms. The van der Waals surface area contributed by atoms with Crippen LogP contribution in [0.2, 0.25) is 4.34 Å². The van der Waals surface area contributed by atoms with E-state index >= 15 is 0 Å². The lowest BCUT2D eigenvalue weighted by atomic mass is 9.60. The summed E-state index contributed by atoms with van der Waals surface area (Å²) in [7, 11) is 0. The van der Waals surface area contributed by atoms with Gasteiger partial charge >= 0.3 is 0 Å². The first-order chi connectivity index (χ1) is 7.81. The normalized spacial score (nSPS) is 43.2. The lowest BCUT2D eigenvalue weighted by Gasteiger charge is -2.50. The average Bonchev–Trinajstić information content (AvgIpc) is 2.86. The maximum absolute atomic E-state index is 11.4. The maximum Gasteiger partial charge on any atom is 0.109 e. The zero-order chi connectivity index (χ0) is 12.5. The fraction of sp³-hybridized carbons (Fsp3) is 0.714. The van der Waals surface area contributed by atoms with E-state index in [2.05, 4.69) is 20.8 Å². The minimum atomic E-state index is -0.708. The van der Waals surface area contributed by atoms with Crippen LogP contribution in [0.1, 0.15) is 44.9 Å². The lowest BCUT2D eigenvalue weighted by molar-refractivity contribution is -0.148. The van der Waals surface area contributed by atoms with Gasteiger partial charge in [0.15, 0.2) is 0 Å². The molecule has 2 aliphatic rings. The molecular formula is C14H19ClOS. The molecule has 3 atom stereocenters. The minimum absolute atomic E-state index is 0.0232. The number of thiophene rings is 1. The van der Waals surface area contributed by atoms with Crippen molar-refractivity contribution < 1.29 is 5.11 Å². The zero-order valence-corrected chi connectivity index (χ0v) is 12.2. The Morgan fingerprint density at radius 1 is 1.35 bits per heavy atom.